The number of hydrogen-bond donors (Lipinski definition) is 1. The van der Waals surface area contributed by atoms with Crippen LogP contribution in [0, 0.1) is 0 Å². The van der Waals surface area contributed by atoms with E-state index in [2.05, 4.69) is 15.3 Å². The average Bonchev–Trinajstić information content (AvgIpc) is 2.57. The maximum atomic E-state index is 13.3. The van der Waals surface area contributed by atoms with Crippen molar-refractivity contribution in [2.24, 2.45) is 0 Å². The lowest BCUT2D eigenvalue weighted by atomic mass is 9.92. The highest BCUT2D eigenvalue weighted by Crippen LogP contribution is 2.34. The Labute approximate surface area is 145 Å². The summed E-state index contributed by atoms with van der Waals surface area (Å²) in [6.07, 6.45) is 1.34. The van der Waals surface area contributed by atoms with Crippen LogP contribution in [-0.4, -0.2) is 62.9 Å². The molecule has 140 valence electrons. The number of nitrogens with zero attached hydrogens (tertiary/aromatic N) is 3. The summed E-state index contributed by atoms with van der Waals surface area (Å²) in [4.78, 5) is 10.2. The number of ether oxygens (including phenoxy) is 1. The molecule has 1 aromatic rings. The minimum Gasteiger partial charge on any atom is -0.378 e. The quantitative estimate of drug-likeness (QED) is 0.801. The molecule has 1 saturated heterocycles. The number of aromatic nitrogens is 2. The van der Waals surface area contributed by atoms with E-state index in [9.17, 15) is 17.2 Å². The predicted molar refractivity (Wildman–Crippen MR) is 89.0 cm³/mol. The first-order chi connectivity index (χ1) is 11.7. The molecule has 1 aromatic heterocycles. The second kappa shape index (κ2) is 6.99. The van der Waals surface area contributed by atoms with Gasteiger partial charge in [0.05, 0.1) is 13.2 Å². The lowest BCUT2D eigenvalue weighted by molar-refractivity contribution is -0.0361. The molecule has 2 fully saturated rings. The average molecular weight is 376 g/mol. The number of halogens is 2. The van der Waals surface area contributed by atoms with Crippen LogP contribution in [-0.2, 0) is 14.6 Å². The molecule has 10 heteroatoms. The van der Waals surface area contributed by atoms with Crippen molar-refractivity contribution >= 4 is 21.5 Å². The van der Waals surface area contributed by atoms with E-state index in [4.69, 9.17) is 4.74 Å². The molecule has 0 bridgehead atoms. The highest BCUT2D eigenvalue weighted by molar-refractivity contribution is 7.90. The van der Waals surface area contributed by atoms with Gasteiger partial charge in [-0.05, 0) is 12.8 Å². The maximum absolute atomic E-state index is 13.3. The summed E-state index contributed by atoms with van der Waals surface area (Å²) < 4.78 is 55.7. The van der Waals surface area contributed by atoms with Crippen molar-refractivity contribution < 1.29 is 21.9 Å². The number of morpholine rings is 1. The summed E-state index contributed by atoms with van der Waals surface area (Å²) in [5.74, 6) is -1.75. The molecule has 0 amide bonds. The van der Waals surface area contributed by atoms with Gasteiger partial charge in [-0.25, -0.2) is 27.2 Å². The van der Waals surface area contributed by atoms with Crippen LogP contribution in [0.2, 0.25) is 0 Å². The van der Waals surface area contributed by atoms with Crippen LogP contribution in [0.15, 0.2) is 11.2 Å². The van der Waals surface area contributed by atoms with Crippen molar-refractivity contribution in [2.45, 2.75) is 42.8 Å². The summed E-state index contributed by atoms with van der Waals surface area (Å²) >= 11 is 0. The van der Waals surface area contributed by atoms with E-state index in [1.165, 1.54) is 0 Å². The van der Waals surface area contributed by atoms with Crippen LogP contribution in [0.1, 0.15) is 25.7 Å². The normalized spacial score (nSPS) is 22.0. The van der Waals surface area contributed by atoms with E-state index < -0.39 is 15.8 Å². The van der Waals surface area contributed by atoms with Gasteiger partial charge in [-0.1, -0.05) is 0 Å². The van der Waals surface area contributed by atoms with Gasteiger partial charge in [0.25, 0.3) is 5.16 Å². The Balaban J connectivity index is 1.82. The van der Waals surface area contributed by atoms with Gasteiger partial charge in [0.1, 0.15) is 11.6 Å². The molecule has 1 saturated carbocycles. The fourth-order valence-electron chi connectivity index (χ4n) is 3.00. The van der Waals surface area contributed by atoms with E-state index in [-0.39, 0.29) is 24.0 Å². The molecule has 25 heavy (non-hydrogen) atoms. The minimum absolute atomic E-state index is 0.153. The number of hydrogen-bond acceptors (Lipinski definition) is 7. The molecule has 7 nitrogen and oxygen atoms in total. The Bertz CT molecular complexity index is 713. The fourth-order valence-corrected chi connectivity index (χ4v) is 3.52. The van der Waals surface area contributed by atoms with Crippen LogP contribution < -0.4 is 10.2 Å². The van der Waals surface area contributed by atoms with Crippen molar-refractivity contribution in [2.75, 3.05) is 42.8 Å². The Morgan fingerprint density at radius 3 is 2.48 bits per heavy atom. The number of alkyl halides is 2. The van der Waals surface area contributed by atoms with Crippen LogP contribution in [0.3, 0.4) is 0 Å². The molecule has 2 heterocycles. The van der Waals surface area contributed by atoms with Gasteiger partial charge in [-0.2, -0.15) is 0 Å². The van der Waals surface area contributed by atoms with Gasteiger partial charge >= 0.3 is 0 Å². The van der Waals surface area contributed by atoms with Gasteiger partial charge in [0.2, 0.25) is 15.8 Å². The Hall–Kier alpha value is -1.55. The summed E-state index contributed by atoms with van der Waals surface area (Å²) in [5, 5.41) is 2.84. The number of rotatable bonds is 4. The lowest BCUT2D eigenvalue weighted by Crippen LogP contribution is -2.37. The van der Waals surface area contributed by atoms with Crippen LogP contribution >= 0.6 is 0 Å². The zero-order valence-electron chi connectivity index (χ0n) is 14.0. The van der Waals surface area contributed by atoms with Gasteiger partial charge in [0, 0.05) is 44.3 Å². The van der Waals surface area contributed by atoms with E-state index in [1.807, 2.05) is 4.90 Å². The van der Waals surface area contributed by atoms with Gasteiger partial charge in [-0.15, -0.1) is 0 Å². The molecule has 2 aliphatic rings. The van der Waals surface area contributed by atoms with Crippen LogP contribution in [0.25, 0.3) is 0 Å². The first-order valence-corrected chi connectivity index (χ1v) is 10.2. The van der Waals surface area contributed by atoms with Gasteiger partial charge in [0.15, 0.2) is 0 Å². The molecule has 1 aliphatic carbocycles. The third-order valence-corrected chi connectivity index (χ3v) is 5.27. The summed E-state index contributed by atoms with van der Waals surface area (Å²) in [6.45, 7) is 2.29. The topological polar surface area (TPSA) is 84.4 Å². The van der Waals surface area contributed by atoms with Crippen molar-refractivity contribution in [1.29, 1.82) is 0 Å². The molecule has 0 aromatic carbocycles. The zero-order chi connectivity index (χ0) is 18.1. The zero-order valence-corrected chi connectivity index (χ0v) is 14.9. The lowest BCUT2D eigenvalue weighted by Gasteiger charge is -2.30. The predicted octanol–water partition coefficient (Wildman–Crippen LogP) is 1.71. The molecule has 0 unspecified atom stereocenters. The summed E-state index contributed by atoms with van der Waals surface area (Å²) in [5.41, 5.74) is 0. The van der Waals surface area contributed by atoms with Gasteiger partial charge < -0.3 is 15.0 Å². The minimum atomic E-state index is -3.59. The second-order valence-corrected chi connectivity index (χ2v) is 8.45. The van der Waals surface area contributed by atoms with Crippen molar-refractivity contribution in [3.05, 3.63) is 6.07 Å². The molecule has 1 N–H and O–H groups in total. The Kier molecular flexibility index (Phi) is 5.10. The fraction of sp³-hybridized carbons (Fsp3) is 0.733. The largest absolute Gasteiger partial charge is 0.378 e. The van der Waals surface area contributed by atoms with Gasteiger partial charge in [-0.3, -0.25) is 0 Å². The molecular formula is C15H22F2N4O3S. The SMILES string of the molecule is CS(=O)(=O)c1nc(NC2CCC(F)(F)CC2)cc(N2CCOCC2)n1. The first-order valence-electron chi connectivity index (χ1n) is 8.29. The van der Waals surface area contributed by atoms with E-state index in [1.54, 1.807) is 6.07 Å². The van der Waals surface area contributed by atoms with Crippen LogP contribution in [0.5, 0.6) is 0 Å². The third-order valence-electron chi connectivity index (χ3n) is 4.43. The number of nitrogens with one attached hydrogen (secondary N) is 1. The number of anilines is 2. The molecule has 0 spiro atoms. The number of sulfone groups is 1. The standard InChI is InChI=1S/C15H22F2N4O3S/c1-25(22,23)14-19-12(18-11-2-4-15(16,17)5-3-11)10-13(20-14)21-6-8-24-9-7-21/h10-11H,2-9H2,1H3,(H,18,19,20). The van der Waals surface area contributed by atoms with Crippen molar-refractivity contribution in [3.8, 4) is 0 Å². The monoisotopic (exact) mass is 376 g/mol. The smallest absolute Gasteiger partial charge is 0.250 e. The Morgan fingerprint density at radius 2 is 1.88 bits per heavy atom. The van der Waals surface area contributed by atoms with Crippen molar-refractivity contribution in [1.82, 2.24) is 9.97 Å². The highest BCUT2D eigenvalue weighted by atomic mass is 32.2. The van der Waals surface area contributed by atoms with Crippen LogP contribution in [0.4, 0.5) is 20.4 Å². The molecular weight excluding hydrogens is 354 g/mol. The molecule has 1 aliphatic heterocycles. The summed E-state index contributed by atoms with van der Waals surface area (Å²) in [7, 11) is -3.59. The molecule has 3 rings (SSSR count). The second-order valence-electron chi connectivity index (χ2n) is 6.54. The Morgan fingerprint density at radius 1 is 1.24 bits per heavy atom. The first kappa shape index (κ1) is 18.2. The highest BCUT2D eigenvalue weighted by Gasteiger charge is 2.35. The van der Waals surface area contributed by atoms with Crippen molar-refractivity contribution in [3.63, 3.8) is 0 Å². The summed E-state index contributed by atoms with van der Waals surface area (Å²) in [6, 6.07) is 1.52. The molecule has 0 atom stereocenters. The molecule has 0 radical (unpaired) electrons. The van der Waals surface area contributed by atoms with E-state index in [0.29, 0.717) is 50.8 Å². The van der Waals surface area contributed by atoms with E-state index in [0.717, 1.165) is 6.26 Å². The van der Waals surface area contributed by atoms with E-state index >= 15 is 0 Å². The maximum Gasteiger partial charge on any atom is 0.250 e. The third kappa shape index (κ3) is 4.75.